The summed E-state index contributed by atoms with van der Waals surface area (Å²) in [7, 11) is 1.38. The Morgan fingerprint density at radius 1 is 0.821 bits per heavy atom. The zero-order valence-corrected chi connectivity index (χ0v) is 23.3. The number of aromatic nitrogens is 1. The highest BCUT2D eigenvalue weighted by molar-refractivity contribution is 9.10. The van der Waals surface area contributed by atoms with Crippen LogP contribution in [0.1, 0.15) is 22.5 Å². The smallest absolute Gasteiger partial charge is 0.338 e. The molecule has 0 aliphatic carbocycles. The third kappa shape index (κ3) is 5.15. The van der Waals surface area contributed by atoms with E-state index in [4.69, 9.17) is 4.74 Å². The predicted octanol–water partition coefficient (Wildman–Crippen LogP) is 6.44. The second-order valence-corrected chi connectivity index (χ2v) is 10.2. The van der Waals surface area contributed by atoms with Gasteiger partial charge in [-0.15, -0.1) is 0 Å². The minimum Gasteiger partial charge on any atom is -0.489 e. The standard InChI is InChI=1S/C31H26BrN3O4/c1-20-17-23(18-28-29(36)33(3)31(38)35(30(28)37)25-7-5-4-6-8-25)21(2)34(20)26-13-15-27(16-14-26)39-19-22-9-11-24(32)12-10-22/h4-18H,19H2,1-3H3/b28-18+. The van der Waals surface area contributed by atoms with Gasteiger partial charge in [-0.1, -0.05) is 46.3 Å². The molecule has 1 aliphatic rings. The molecular formula is C31H26BrN3O4. The van der Waals surface area contributed by atoms with Crippen molar-refractivity contribution in [3.05, 3.63) is 117 Å². The fourth-order valence-corrected chi connectivity index (χ4v) is 4.83. The number of amides is 4. The van der Waals surface area contributed by atoms with Gasteiger partial charge < -0.3 is 9.30 Å². The minimum atomic E-state index is -0.679. The van der Waals surface area contributed by atoms with E-state index in [9.17, 15) is 14.4 Å². The summed E-state index contributed by atoms with van der Waals surface area (Å²) in [6.45, 7) is 4.35. The first-order valence-corrected chi connectivity index (χ1v) is 13.1. The quantitative estimate of drug-likeness (QED) is 0.193. The first kappa shape index (κ1) is 26.2. The molecule has 0 unspecified atom stereocenters. The van der Waals surface area contributed by atoms with Crippen molar-refractivity contribution in [2.75, 3.05) is 11.9 Å². The number of likely N-dealkylation sites (N-methyl/N-ethyl adjacent to an activating group) is 1. The molecule has 0 atom stereocenters. The van der Waals surface area contributed by atoms with Gasteiger partial charge in [-0.3, -0.25) is 14.5 Å². The van der Waals surface area contributed by atoms with E-state index < -0.39 is 17.8 Å². The van der Waals surface area contributed by atoms with Crippen LogP contribution in [0.3, 0.4) is 0 Å². The molecule has 5 rings (SSSR count). The number of halogens is 1. The summed E-state index contributed by atoms with van der Waals surface area (Å²) in [5.74, 6) is -0.529. The average molecular weight is 584 g/mol. The number of para-hydroxylation sites is 1. The molecular weight excluding hydrogens is 558 g/mol. The average Bonchev–Trinajstić information content (AvgIpc) is 3.23. The Morgan fingerprint density at radius 2 is 1.49 bits per heavy atom. The van der Waals surface area contributed by atoms with Crippen LogP contribution in [0.4, 0.5) is 10.5 Å². The lowest BCUT2D eigenvalue weighted by Gasteiger charge is -2.31. The van der Waals surface area contributed by atoms with Crippen molar-refractivity contribution in [1.29, 1.82) is 0 Å². The Bertz CT molecular complexity index is 1590. The Hall–Kier alpha value is -4.43. The first-order valence-electron chi connectivity index (χ1n) is 12.3. The maximum Gasteiger partial charge on any atom is 0.338 e. The van der Waals surface area contributed by atoms with Crippen molar-refractivity contribution in [2.24, 2.45) is 0 Å². The molecule has 4 amide bonds. The summed E-state index contributed by atoms with van der Waals surface area (Å²) in [6, 6.07) is 25.6. The van der Waals surface area contributed by atoms with Gasteiger partial charge in [0.1, 0.15) is 17.9 Å². The zero-order valence-electron chi connectivity index (χ0n) is 21.7. The van der Waals surface area contributed by atoms with Crippen molar-refractivity contribution in [2.45, 2.75) is 20.5 Å². The number of benzene rings is 3. The number of nitrogens with zero attached hydrogens (tertiary/aromatic N) is 3. The van der Waals surface area contributed by atoms with Gasteiger partial charge in [0.05, 0.1) is 5.69 Å². The molecule has 2 heterocycles. The summed E-state index contributed by atoms with van der Waals surface area (Å²) in [4.78, 5) is 41.1. The number of anilines is 1. The highest BCUT2D eigenvalue weighted by Crippen LogP contribution is 2.28. The summed E-state index contributed by atoms with van der Waals surface area (Å²) in [5, 5.41) is 0. The van der Waals surface area contributed by atoms with Crippen LogP contribution in [0.25, 0.3) is 11.8 Å². The molecule has 1 aromatic heterocycles. The van der Waals surface area contributed by atoms with E-state index in [-0.39, 0.29) is 5.57 Å². The van der Waals surface area contributed by atoms with Gasteiger partial charge >= 0.3 is 6.03 Å². The third-order valence-corrected chi connectivity index (χ3v) is 7.17. The number of rotatable bonds is 6. The van der Waals surface area contributed by atoms with E-state index in [0.717, 1.165) is 48.2 Å². The largest absolute Gasteiger partial charge is 0.489 e. The lowest BCUT2D eigenvalue weighted by molar-refractivity contribution is -0.128. The number of imide groups is 2. The molecule has 0 bridgehead atoms. The van der Waals surface area contributed by atoms with Crippen molar-refractivity contribution < 1.29 is 19.1 Å². The highest BCUT2D eigenvalue weighted by atomic mass is 79.9. The maximum atomic E-state index is 13.4. The Balaban J connectivity index is 1.41. The molecule has 39 heavy (non-hydrogen) atoms. The molecule has 7 nitrogen and oxygen atoms in total. The van der Waals surface area contributed by atoms with Crippen LogP contribution in [0.2, 0.25) is 0 Å². The van der Waals surface area contributed by atoms with Crippen molar-refractivity contribution >= 4 is 45.5 Å². The number of barbiturate groups is 1. The molecule has 1 fully saturated rings. The van der Waals surface area contributed by atoms with Crippen LogP contribution in [-0.2, 0) is 16.2 Å². The van der Waals surface area contributed by atoms with E-state index in [0.29, 0.717) is 12.3 Å². The normalized spacial score (nSPS) is 14.9. The van der Waals surface area contributed by atoms with E-state index in [1.807, 2.05) is 73.0 Å². The Morgan fingerprint density at radius 3 is 2.15 bits per heavy atom. The van der Waals surface area contributed by atoms with Gasteiger partial charge in [-0.05, 0) is 85.6 Å². The molecule has 196 valence electrons. The minimum absolute atomic E-state index is 0.0714. The van der Waals surface area contributed by atoms with Gasteiger partial charge in [-0.25, -0.2) is 9.69 Å². The fraction of sp³-hybridized carbons (Fsp3) is 0.129. The van der Waals surface area contributed by atoms with Crippen molar-refractivity contribution in [3.63, 3.8) is 0 Å². The molecule has 0 saturated carbocycles. The molecule has 1 aliphatic heterocycles. The number of aryl methyl sites for hydroxylation is 1. The van der Waals surface area contributed by atoms with Gasteiger partial charge in [0, 0.05) is 28.6 Å². The van der Waals surface area contributed by atoms with Crippen LogP contribution < -0.4 is 9.64 Å². The van der Waals surface area contributed by atoms with Crippen LogP contribution in [0, 0.1) is 13.8 Å². The van der Waals surface area contributed by atoms with Gasteiger partial charge in [0.25, 0.3) is 11.8 Å². The van der Waals surface area contributed by atoms with Crippen LogP contribution >= 0.6 is 15.9 Å². The Labute approximate surface area is 235 Å². The lowest BCUT2D eigenvalue weighted by Crippen LogP contribution is -2.55. The lowest BCUT2D eigenvalue weighted by atomic mass is 10.1. The molecule has 4 aromatic rings. The molecule has 0 N–H and O–H groups in total. The number of carbonyl (C=O) groups excluding carboxylic acids is 3. The van der Waals surface area contributed by atoms with E-state index in [2.05, 4.69) is 15.9 Å². The Kier molecular flexibility index (Phi) is 7.21. The van der Waals surface area contributed by atoms with Crippen LogP contribution in [-0.4, -0.2) is 34.4 Å². The van der Waals surface area contributed by atoms with E-state index in [1.54, 1.807) is 36.4 Å². The maximum absolute atomic E-state index is 13.4. The number of ether oxygens (including phenoxy) is 1. The van der Waals surface area contributed by atoms with Crippen LogP contribution in [0.15, 0.2) is 95.0 Å². The first-order chi connectivity index (χ1) is 18.7. The predicted molar refractivity (Wildman–Crippen MR) is 154 cm³/mol. The van der Waals surface area contributed by atoms with Gasteiger partial charge in [-0.2, -0.15) is 0 Å². The van der Waals surface area contributed by atoms with E-state index >= 15 is 0 Å². The SMILES string of the molecule is Cc1cc(/C=C2\C(=O)N(C)C(=O)N(c3ccccc3)C2=O)c(C)n1-c1ccc(OCc2ccc(Br)cc2)cc1. The number of urea groups is 1. The summed E-state index contributed by atoms with van der Waals surface area (Å²) >= 11 is 3.44. The number of hydrogen-bond donors (Lipinski definition) is 0. The molecule has 3 aromatic carbocycles. The van der Waals surface area contributed by atoms with Gasteiger partial charge in [0.2, 0.25) is 0 Å². The van der Waals surface area contributed by atoms with Crippen molar-refractivity contribution in [3.8, 4) is 11.4 Å². The van der Waals surface area contributed by atoms with Crippen molar-refractivity contribution in [1.82, 2.24) is 9.47 Å². The molecule has 0 radical (unpaired) electrons. The van der Waals surface area contributed by atoms with Gasteiger partial charge in [0.15, 0.2) is 0 Å². The summed E-state index contributed by atoms with van der Waals surface area (Å²) in [6.07, 6.45) is 1.57. The third-order valence-electron chi connectivity index (χ3n) is 6.64. The topological polar surface area (TPSA) is 71.9 Å². The summed E-state index contributed by atoms with van der Waals surface area (Å²) < 4.78 is 9.00. The number of carbonyl (C=O) groups is 3. The summed E-state index contributed by atoms with van der Waals surface area (Å²) in [5.41, 5.74) is 4.84. The highest BCUT2D eigenvalue weighted by Gasteiger charge is 2.41. The zero-order chi connectivity index (χ0) is 27.7. The van der Waals surface area contributed by atoms with Crippen LogP contribution in [0.5, 0.6) is 5.75 Å². The second-order valence-electron chi connectivity index (χ2n) is 9.25. The second kappa shape index (κ2) is 10.7. The molecule has 8 heteroatoms. The molecule has 0 spiro atoms. The fourth-order valence-electron chi connectivity index (χ4n) is 4.57. The number of hydrogen-bond acceptors (Lipinski definition) is 4. The van der Waals surface area contributed by atoms with E-state index in [1.165, 1.54) is 7.05 Å². The monoisotopic (exact) mass is 583 g/mol. The molecule has 1 saturated heterocycles.